The van der Waals surface area contributed by atoms with Gasteiger partial charge in [-0.15, -0.1) is 0 Å². The molecule has 166 valence electrons. The Hall–Kier alpha value is -3.87. The first kappa shape index (κ1) is 22.8. The molecule has 3 N–H and O–H groups in total. The van der Waals surface area contributed by atoms with Gasteiger partial charge in [0, 0.05) is 17.2 Å². The van der Waals surface area contributed by atoms with Gasteiger partial charge in [0.05, 0.1) is 11.1 Å². The Morgan fingerprint density at radius 3 is 2.16 bits per heavy atom. The lowest BCUT2D eigenvalue weighted by molar-refractivity contribution is -0.133. The van der Waals surface area contributed by atoms with E-state index in [9.17, 15) is 29.7 Å². The molecule has 32 heavy (non-hydrogen) atoms. The Bertz CT molecular complexity index is 1210. The normalized spacial score (nSPS) is 13.1. The number of ether oxygens (including phenoxy) is 1. The Kier molecular flexibility index (Phi) is 6.20. The summed E-state index contributed by atoms with van der Waals surface area (Å²) in [5, 5.41) is 30.7. The molecular formula is C25H24O7. The zero-order valence-electron chi connectivity index (χ0n) is 18.3. The van der Waals surface area contributed by atoms with Crippen LogP contribution in [0.25, 0.3) is 0 Å². The molecule has 0 fully saturated rings. The molecule has 0 heterocycles. The SMILES string of the molecule is CC(C)=CCC/C(C)=C(/O)C(=O)Oc1cc(O)c2c(c1)C(=O)c1cc(C)cc(O)c1C2=O. The maximum Gasteiger partial charge on any atom is 0.378 e. The van der Waals surface area contributed by atoms with E-state index in [0.717, 1.165) is 11.6 Å². The van der Waals surface area contributed by atoms with Gasteiger partial charge in [0.25, 0.3) is 0 Å². The topological polar surface area (TPSA) is 121 Å². The number of esters is 1. The van der Waals surface area contributed by atoms with Crippen LogP contribution >= 0.6 is 0 Å². The molecule has 0 aliphatic heterocycles. The lowest BCUT2D eigenvalue weighted by Crippen LogP contribution is -2.22. The quantitative estimate of drug-likeness (QED) is 0.175. The Labute approximate surface area is 185 Å². The third-order valence-corrected chi connectivity index (χ3v) is 5.18. The fourth-order valence-corrected chi connectivity index (χ4v) is 3.56. The maximum absolute atomic E-state index is 13.0. The van der Waals surface area contributed by atoms with Gasteiger partial charge in [0.15, 0.2) is 5.78 Å². The molecule has 0 bridgehead atoms. The summed E-state index contributed by atoms with van der Waals surface area (Å²) in [5.41, 5.74) is 1.52. The van der Waals surface area contributed by atoms with Gasteiger partial charge >= 0.3 is 5.97 Å². The van der Waals surface area contributed by atoms with E-state index in [4.69, 9.17) is 4.74 Å². The number of ketones is 2. The molecule has 0 saturated heterocycles. The second-order valence-corrected chi connectivity index (χ2v) is 8.07. The second kappa shape index (κ2) is 8.70. The minimum absolute atomic E-state index is 0.000682. The number of benzene rings is 2. The number of hydrogen-bond acceptors (Lipinski definition) is 7. The lowest BCUT2D eigenvalue weighted by atomic mass is 9.82. The number of aliphatic hydroxyl groups excluding tert-OH is 1. The van der Waals surface area contributed by atoms with Crippen LogP contribution in [0.1, 0.15) is 71.0 Å². The number of aryl methyl sites for hydroxylation is 1. The fourth-order valence-electron chi connectivity index (χ4n) is 3.56. The van der Waals surface area contributed by atoms with Crippen LogP contribution < -0.4 is 4.74 Å². The van der Waals surface area contributed by atoms with Crippen LogP contribution in [0, 0.1) is 6.92 Å². The average molecular weight is 436 g/mol. The highest BCUT2D eigenvalue weighted by Crippen LogP contribution is 2.39. The predicted octanol–water partition coefficient (Wildman–Crippen LogP) is 4.67. The first-order valence-electron chi connectivity index (χ1n) is 10.1. The van der Waals surface area contributed by atoms with Crippen molar-refractivity contribution in [2.24, 2.45) is 0 Å². The zero-order valence-corrected chi connectivity index (χ0v) is 18.3. The molecule has 1 aliphatic carbocycles. The first-order chi connectivity index (χ1) is 15.0. The molecule has 0 unspecified atom stereocenters. The Morgan fingerprint density at radius 1 is 0.938 bits per heavy atom. The highest BCUT2D eigenvalue weighted by molar-refractivity contribution is 6.30. The van der Waals surface area contributed by atoms with Crippen molar-refractivity contribution in [1.82, 2.24) is 0 Å². The van der Waals surface area contributed by atoms with Gasteiger partial charge in [0.2, 0.25) is 11.5 Å². The van der Waals surface area contributed by atoms with Gasteiger partial charge in [-0.05, 0) is 69.9 Å². The third-order valence-electron chi connectivity index (χ3n) is 5.18. The van der Waals surface area contributed by atoms with Gasteiger partial charge in [-0.3, -0.25) is 9.59 Å². The maximum atomic E-state index is 13.0. The van der Waals surface area contributed by atoms with Crippen LogP contribution in [0.5, 0.6) is 17.2 Å². The first-order valence-corrected chi connectivity index (χ1v) is 10.1. The number of carbonyl (C=O) groups excluding carboxylic acids is 3. The van der Waals surface area contributed by atoms with E-state index in [2.05, 4.69) is 0 Å². The molecule has 0 aromatic heterocycles. The van der Waals surface area contributed by atoms with Crippen molar-refractivity contribution in [2.45, 2.75) is 40.5 Å². The minimum Gasteiger partial charge on any atom is -0.507 e. The van der Waals surface area contributed by atoms with E-state index in [1.807, 2.05) is 19.9 Å². The van der Waals surface area contributed by atoms with Crippen molar-refractivity contribution >= 4 is 17.5 Å². The molecule has 0 amide bonds. The zero-order chi connectivity index (χ0) is 23.7. The summed E-state index contributed by atoms with van der Waals surface area (Å²) in [6.07, 6.45) is 3.07. The predicted molar refractivity (Wildman–Crippen MR) is 117 cm³/mol. The van der Waals surface area contributed by atoms with E-state index in [1.54, 1.807) is 13.8 Å². The van der Waals surface area contributed by atoms with Gasteiger partial charge in [-0.25, -0.2) is 4.79 Å². The van der Waals surface area contributed by atoms with Crippen LogP contribution in [0.4, 0.5) is 0 Å². The molecule has 0 spiro atoms. The molecule has 0 atom stereocenters. The number of rotatable bonds is 5. The molecular weight excluding hydrogens is 412 g/mol. The third kappa shape index (κ3) is 4.27. The minimum atomic E-state index is -1.04. The lowest BCUT2D eigenvalue weighted by Gasteiger charge is -2.20. The fraction of sp³-hybridized carbons (Fsp3) is 0.240. The largest absolute Gasteiger partial charge is 0.507 e. The van der Waals surface area contributed by atoms with Crippen molar-refractivity contribution in [3.8, 4) is 17.2 Å². The summed E-state index contributed by atoms with van der Waals surface area (Å²) in [6, 6.07) is 5.01. The molecule has 1 aliphatic rings. The van der Waals surface area contributed by atoms with E-state index in [0.29, 0.717) is 24.0 Å². The summed E-state index contributed by atoms with van der Waals surface area (Å²) in [4.78, 5) is 38.2. The number of phenols is 2. The van der Waals surface area contributed by atoms with Crippen molar-refractivity contribution in [3.05, 3.63) is 75.1 Å². The van der Waals surface area contributed by atoms with Crippen molar-refractivity contribution < 1.29 is 34.4 Å². The molecule has 2 aromatic rings. The monoisotopic (exact) mass is 436 g/mol. The molecule has 7 heteroatoms. The number of hydrogen-bond donors (Lipinski definition) is 3. The van der Waals surface area contributed by atoms with Gasteiger partial charge in [-0.1, -0.05) is 11.6 Å². The van der Waals surface area contributed by atoms with Gasteiger partial charge < -0.3 is 20.1 Å². The number of fused-ring (bicyclic) bond motifs is 2. The molecule has 7 nitrogen and oxygen atoms in total. The van der Waals surface area contributed by atoms with E-state index in [-0.39, 0.29) is 33.8 Å². The second-order valence-electron chi connectivity index (χ2n) is 8.07. The van der Waals surface area contributed by atoms with Crippen molar-refractivity contribution in [3.63, 3.8) is 0 Å². The van der Waals surface area contributed by atoms with Gasteiger partial charge in [-0.2, -0.15) is 0 Å². The number of allylic oxidation sites excluding steroid dienone is 3. The van der Waals surface area contributed by atoms with Crippen molar-refractivity contribution in [1.29, 1.82) is 0 Å². The smallest absolute Gasteiger partial charge is 0.378 e. The van der Waals surface area contributed by atoms with Crippen LogP contribution in [-0.2, 0) is 4.79 Å². The van der Waals surface area contributed by atoms with E-state index < -0.39 is 29.0 Å². The molecule has 0 saturated carbocycles. The Balaban J connectivity index is 1.93. The number of aliphatic hydroxyl groups is 1. The van der Waals surface area contributed by atoms with E-state index in [1.165, 1.54) is 18.2 Å². The van der Waals surface area contributed by atoms with Crippen LogP contribution in [0.15, 0.2) is 47.2 Å². The average Bonchev–Trinajstić information content (AvgIpc) is 2.70. The Morgan fingerprint density at radius 2 is 1.53 bits per heavy atom. The molecule has 2 aromatic carbocycles. The molecule has 0 radical (unpaired) electrons. The van der Waals surface area contributed by atoms with Crippen molar-refractivity contribution in [2.75, 3.05) is 0 Å². The van der Waals surface area contributed by atoms with Gasteiger partial charge in [0.1, 0.15) is 17.2 Å². The molecule has 3 rings (SSSR count). The van der Waals surface area contributed by atoms with Crippen LogP contribution in [0.2, 0.25) is 0 Å². The van der Waals surface area contributed by atoms with Crippen LogP contribution in [0.3, 0.4) is 0 Å². The summed E-state index contributed by atoms with van der Waals surface area (Å²) in [6.45, 7) is 7.16. The van der Waals surface area contributed by atoms with E-state index >= 15 is 0 Å². The standard InChI is InChI=1S/C25H24O7/c1-12(2)6-5-7-14(4)22(28)25(31)32-15-10-17-21(19(27)11-15)24(30)20-16(23(17)29)8-13(3)9-18(20)26/h6,8-11,26-28H,5,7H2,1-4H3/b22-14+. The summed E-state index contributed by atoms with van der Waals surface area (Å²) < 4.78 is 5.16. The number of aromatic hydroxyl groups is 2. The number of carbonyl (C=O) groups is 3. The summed E-state index contributed by atoms with van der Waals surface area (Å²) in [7, 11) is 0. The highest BCUT2D eigenvalue weighted by atomic mass is 16.5. The summed E-state index contributed by atoms with van der Waals surface area (Å²) >= 11 is 0. The highest BCUT2D eigenvalue weighted by Gasteiger charge is 2.35. The number of phenolic OH excluding ortho intramolecular Hbond substituents is 2. The summed E-state index contributed by atoms with van der Waals surface area (Å²) in [5.74, 6) is -4.02. The van der Waals surface area contributed by atoms with Crippen LogP contribution in [-0.4, -0.2) is 32.9 Å².